The van der Waals surface area contributed by atoms with E-state index in [1.807, 2.05) is 36.4 Å². The van der Waals surface area contributed by atoms with Gasteiger partial charge in [0.05, 0.1) is 18.0 Å². The van der Waals surface area contributed by atoms with Gasteiger partial charge in [-0.15, -0.1) is 0 Å². The standard InChI is InChI=1S/C20H24NO3S.Y/c1-25(23,24)21(14-6-5-9-16-7-3-2-4-8-16)18-11-12-19-17(15-18)10-13-20(19)22;/h2-4,7,11-12,15,20,22H,5-6,9-10,13-14H2,1H3;/q-1;. The molecule has 0 aromatic heterocycles. The van der Waals surface area contributed by atoms with Crippen molar-refractivity contribution in [3.8, 4) is 0 Å². The molecule has 0 bridgehead atoms. The van der Waals surface area contributed by atoms with Gasteiger partial charge in [-0.2, -0.15) is 35.9 Å². The second kappa shape index (κ2) is 9.45. The molecule has 1 unspecified atom stereocenters. The summed E-state index contributed by atoms with van der Waals surface area (Å²) in [7, 11) is -3.33. The van der Waals surface area contributed by atoms with E-state index in [0.29, 0.717) is 18.7 Å². The molecule has 137 valence electrons. The number of hydrogen-bond donors (Lipinski definition) is 1. The Balaban J connectivity index is 0.00000243. The molecular formula is C20H24NO3SY-. The SMILES string of the molecule is CS(=O)(=O)N(CCCCc1[c-]cccc1)c1ccc2c(c1)CCC2O.[Y]. The zero-order valence-corrected chi connectivity index (χ0v) is 18.7. The largest absolute Gasteiger partial charge is 0.388 e. The molecule has 1 N–H and O–H groups in total. The van der Waals surface area contributed by atoms with Crippen molar-refractivity contribution in [1.29, 1.82) is 0 Å². The topological polar surface area (TPSA) is 57.6 Å². The maximum Gasteiger partial charge on any atom is 0.232 e. The van der Waals surface area contributed by atoms with Crippen molar-refractivity contribution >= 4 is 15.7 Å². The number of sulfonamides is 1. The molecule has 1 radical (unpaired) electrons. The Morgan fingerprint density at radius 1 is 1.23 bits per heavy atom. The van der Waals surface area contributed by atoms with E-state index in [-0.39, 0.29) is 32.7 Å². The van der Waals surface area contributed by atoms with Gasteiger partial charge in [-0.05, 0) is 48.9 Å². The number of unbranched alkanes of at least 4 members (excludes halogenated alkanes) is 1. The first-order chi connectivity index (χ1) is 11.9. The Morgan fingerprint density at radius 3 is 2.73 bits per heavy atom. The van der Waals surface area contributed by atoms with Crippen LogP contribution >= 0.6 is 0 Å². The van der Waals surface area contributed by atoms with E-state index in [1.54, 1.807) is 6.07 Å². The summed E-state index contributed by atoms with van der Waals surface area (Å²) >= 11 is 0. The number of aliphatic hydroxyl groups is 1. The van der Waals surface area contributed by atoms with Crippen LogP contribution in [0.5, 0.6) is 0 Å². The molecule has 0 saturated carbocycles. The summed E-state index contributed by atoms with van der Waals surface area (Å²) in [5, 5.41) is 9.92. The summed E-state index contributed by atoms with van der Waals surface area (Å²) in [6.07, 6.45) is 4.94. The summed E-state index contributed by atoms with van der Waals surface area (Å²) in [6, 6.07) is 16.7. The molecule has 4 nitrogen and oxygen atoms in total. The minimum absolute atomic E-state index is 0. The number of rotatable bonds is 7. The Hall–Kier alpha value is -0.746. The van der Waals surface area contributed by atoms with Gasteiger partial charge in [0.1, 0.15) is 0 Å². The van der Waals surface area contributed by atoms with E-state index in [2.05, 4.69) is 6.07 Å². The van der Waals surface area contributed by atoms with Crippen LogP contribution in [0.2, 0.25) is 0 Å². The van der Waals surface area contributed by atoms with Gasteiger partial charge >= 0.3 is 0 Å². The van der Waals surface area contributed by atoms with Crippen LogP contribution in [0, 0.1) is 6.07 Å². The van der Waals surface area contributed by atoms with Crippen molar-refractivity contribution in [2.45, 2.75) is 38.2 Å². The van der Waals surface area contributed by atoms with E-state index in [0.717, 1.165) is 42.4 Å². The first-order valence-corrected chi connectivity index (χ1v) is 10.5. The van der Waals surface area contributed by atoms with E-state index in [4.69, 9.17) is 0 Å². The molecule has 0 fully saturated rings. The fourth-order valence-electron chi connectivity index (χ4n) is 3.38. The van der Waals surface area contributed by atoms with Crippen LogP contribution in [0.3, 0.4) is 0 Å². The zero-order chi connectivity index (χ0) is 17.9. The normalized spacial score (nSPS) is 16.0. The zero-order valence-electron chi connectivity index (χ0n) is 15.1. The van der Waals surface area contributed by atoms with Crippen LogP contribution in [-0.2, 0) is 55.6 Å². The quantitative estimate of drug-likeness (QED) is 0.524. The molecule has 1 atom stereocenters. The van der Waals surface area contributed by atoms with Crippen molar-refractivity contribution in [3.05, 3.63) is 65.2 Å². The molecule has 0 spiro atoms. The van der Waals surface area contributed by atoms with Gasteiger partial charge in [-0.25, -0.2) is 8.42 Å². The smallest absolute Gasteiger partial charge is 0.232 e. The summed E-state index contributed by atoms with van der Waals surface area (Å²) in [5.74, 6) is 0. The number of aryl methyl sites for hydroxylation is 2. The fraction of sp³-hybridized carbons (Fsp3) is 0.400. The molecule has 6 heteroatoms. The van der Waals surface area contributed by atoms with E-state index in [1.165, 1.54) is 10.6 Å². The Kier molecular flexibility index (Phi) is 7.83. The Labute approximate surface area is 181 Å². The summed E-state index contributed by atoms with van der Waals surface area (Å²) < 4.78 is 25.9. The molecule has 0 heterocycles. The number of anilines is 1. The van der Waals surface area contributed by atoms with E-state index >= 15 is 0 Å². The molecule has 2 aromatic rings. The van der Waals surface area contributed by atoms with Crippen LogP contribution in [0.4, 0.5) is 5.69 Å². The van der Waals surface area contributed by atoms with Gasteiger partial charge in [-0.3, -0.25) is 4.31 Å². The van der Waals surface area contributed by atoms with Crippen LogP contribution in [-0.4, -0.2) is 26.3 Å². The maximum absolute atomic E-state index is 12.2. The third-order valence-electron chi connectivity index (χ3n) is 4.69. The number of benzene rings is 2. The number of aliphatic hydroxyl groups excluding tert-OH is 1. The number of fused-ring (bicyclic) bond motifs is 1. The summed E-state index contributed by atoms with van der Waals surface area (Å²) in [4.78, 5) is 0. The van der Waals surface area contributed by atoms with Gasteiger partial charge in [0, 0.05) is 39.3 Å². The fourth-order valence-corrected chi connectivity index (χ4v) is 4.34. The molecule has 1 aliphatic rings. The molecule has 0 aliphatic heterocycles. The molecule has 26 heavy (non-hydrogen) atoms. The van der Waals surface area contributed by atoms with Gasteiger partial charge < -0.3 is 5.11 Å². The van der Waals surface area contributed by atoms with Crippen LogP contribution < -0.4 is 4.31 Å². The Bertz CT molecular complexity index is 824. The second-order valence-electron chi connectivity index (χ2n) is 6.62. The monoisotopic (exact) mass is 447 g/mol. The molecule has 0 amide bonds. The molecule has 0 saturated heterocycles. The Morgan fingerprint density at radius 2 is 2.04 bits per heavy atom. The van der Waals surface area contributed by atoms with Gasteiger partial charge in [0.15, 0.2) is 0 Å². The van der Waals surface area contributed by atoms with Gasteiger partial charge in [0.25, 0.3) is 0 Å². The first kappa shape index (κ1) is 21.6. The van der Waals surface area contributed by atoms with Crippen LogP contribution in [0.1, 0.15) is 42.1 Å². The summed E-state index contributed by atoms with van der Waals surface area (Å²) in [6.45, 7) is 0.465. The maximum atomic E-state index is 12.2. The van der Waals surface area contributed by atoms with Crippen molar-refractivity contribution in [1.82, 2.24) is 0 Å². The summed E-state index contributed by atoms with van der Waals surface area (Å²) in [5.41, 5.74) is 3.83. The predicted octanol–water partition coefficient (Wildman–Crippen LogP) is 3.25. The van der Waals surface area contributed by atoms with Gasteiger partial charge in [-0.1, -0.05) is 12.5 Å². The van der Waals surface area contributed by atoms with Crippen molar-refractivity contribution in [3.63, 3.8) is 0 Å². The average Bonchev–Trinajstić information content (AvgIpc) is 2.95. The van der Waals surface area contributed by atoms with E-state index in [9.17, 15) is 13.5 Å². The third kappa shape index (κ3) is 5.38. The second-order valence-corrected chi connectivity index (χ2v) is 8.52. The number of nitrogens with zero attached hydrogens (tertiary/aromatic N) is 1. The van der Waals surface area contributed by atoms with Gasteiger partial charge in [0.2, 0.25) is 10.0 Å². The molecule has 3 rings (SSSR count). The van der Waals surface area contributed by atoms with Crippen molar-refractivity contribution < 1.29 is 46.2 Å². The minimum atomic E-state index is -3.33. The minimum Gasteiger partial charge on any atom is -0.388 e. The average molecular weight is 447 g/mol. The number of hydrogen-bond acceptors (Lipinski definition) is 3. The van der Waals surface area contributed by atoms with E-state index < -0.39 is 16.1 Å². The first-order valence-electron chi connectivity index (χ1n) is 8.69. The predicted molar refractivity (Wildman–Crippen MR) is 100 cm³/mol. The van der Waals surface area contributed by atoms with Crippen molar-refractivity contribution in [2.75, 3.05) is 17.1 Å². The third-order valence-corrected chi connectivity index (χ3v) is 5.89. The van der Waals surface area contributed by atoms with Crippen LogP contribution in [0.25, 0.3) is 0 Å². The van der Waals surface area contributed by atoms with Crippen molar-refractivity contribution in [2.24, 2.45) is 0 Å². The molecule has 1 aliphatic carbocycles. The van der Waals surface area contributed by atoms with Crippen LogP contribution in [0.15, 0.2) is 42.5 Å². The molecular weight excluding hydrogens is 423 g/mol. The molecule has 2 aromatic carbocycles.